The fourth-order valence-electron chi connectivity index (χ4n) is 2.73. The Hall–Kier alpha value is -1.35. The number of rotatable bonds is 7. The average Bonchev–Trinajstić information content (AvgIpc) is 2.84. The van der Waals surface area contributed by atoms with Crippen LogP contribution < -0.4 is 5.32 Å². The van der Waals surface area contributed by atoms with Gasteiger partial charge in [-0.05, 0) is 37.4 Å². The van der Waals surface area contributed by atoms with Crippen molar-refractivity contribution in [1.82, 2.24) is 14.9 Å². The molecule has 3 nitrogen and oxygen atoms in total. The van der Waals surface area contributed by atoms with Crippen LogP contribution in [0.15, 0.2) is 30.6 Å². The molecule has 2 aromatic rings. The molecule has 0 bridgehead atoms. The highest BCUT2D eigenvalue weighted by Gasteiger charge is 2.21. The third-order valence-corrected chi connectivity index (χ3v) is 3.72. The van der Waals surface area contributed by atoms with Crippen molar-refractivity contribution in [3.63, 3.8) is 0 Å². The topological polar surface area (TPSA) is 29.3 Å². The molecule has 0 aliphatic carbocycles. The standard InChI is InChI=1S/C16H25N3/c1-4-8-13(3)16(17-10-5-2)14-12-18-19-11-7-6-9-15(14)19/h6-7,9,11-13,16-17H,4-5,8,10H2,1-3H3. The van der Waals surface area contributed by atoms with Gasteiger partial charge in [-0.1, -0.05) is 33.3 Å². The quantitative estimate of drug-likeness (QED) is 0.819. The zero-order valence-corrected chi connectivity index (χ0v) is 12.3. The molecule has 0 saturated carbocycles. The lowest BCUT2D eigenvalue weighted by atomic mass is 9.91. The summed E-state index contributed by atoms with van der Waals surface area (Å²) in [6.45, 7) is 7.86. The Balaban J connectivity index is 2.30. The Morgan fingerprint density at radius 2 is 2.11 bits per heavy atom. The van der Waals surface area contributed by atoms with E-state index in [1.807, 2.05) is 23.0 Å². The van der Waals surface area contributed by atoms with Crippen molar-refractivity contribution in [2.75, 3.05) is 6.54 Å². The summed E-state index contributed by atoms with van der Waals surface area (Å²) in [5.41, 5.74) is 2.55. The molecule has 2 rings (SSSR count). The van der Waals surface area contributed by atoms with E-state index >= 15 is 0 Å². The second-order valence-electron chi connectivity index (χ2n) is 5.33. The Kier molecular flexibility index (Phi) is 4.97. The maximum atomic E-state index is 4.47. The summed E-state index contributed by atoms with van der Waals surface area (Å²) in [4.78, 5) is 0. The van der Waals surface area contributed by atoms with Crippen LogP contribution >= 0.6 is 0 Å². The van der Waals surface area contributed by atoms with E-state index in [0.717, 1.165) is 13.0 Å². The molecule has 0 radical (unpaired) electrons. The summed E-state index contributed by atoms with van der Waals surface area (Å²) in [5, 5.41) is 8.16. The zero-order valence-electron chi connectivity index (χ0n) is 12.3. The maximum absolute atomic E-state index is 4.47. The van der Waals surface area contributed by atoms with Crippen molar-refractivity contribution in [2.45, 2.75) is 46.1 Å². The molecular formula is C16H25N3. The number of nitrogens with one attached hydrogen (secondary N) is 1. The van der Waals surface area contributed by atoms with Gasteiger partial charge in [0.1, 0.15) is 0 Å². The average molecular weight is 259 g/mol. The Labute approximate surface area is 116 Å². The van der Waals surface area contributed by atoms with Crippen LogP contribution in [0.25, 0.3) is 5.52 Å². The van der Waals surface area contributed by atoms with Crippen LogP contribution in [-0.2, 0) is 0 Å². The van der Waals surface area contributed by atoms with Crippen LogP contribution in [0.2, 0.25) is 0 Å². The van der Waals surface area contributed by atoms with Gasteiger partial charge in [-0.2, -0.15) is 5.10 Å². The second kappa shape index (κ2) is 6.71. The Morgan fingerprint density at radius 1 is 1.26 bits per heavy atom. The van der Waals surface area contributed by atoms with Crippen LogP contribution in [0.5, 0.6) is 0 Å². The van der Waals surface area contributed by atoms with Gasteiger partial charge in [0.05, 0.1) is 11.7 Å². The van der Waals surface area contributed by atoms with Crippen LogP contribution in [0, 0.1) is 5.92 Å². The van der Waals surface area contributed by atoms with Gasteiger partial charge in [0.2, 0.25) is 0 Å². The predicted molar refractivity (Wildman–Crippen MR) is 80.3 cm³/mol. The number of pyridine rings is 1. The highest BCUT2D eigenvalue weighted by molar-refractivity contribution is 5.55. The molecule has 0 aliphatic rings. The fraction of sp³-hybridized carbons (Fsp3) is 0.562. The normalized spacial score (nSPS) is 14.7. The van der Waals surface area contributed by atoms with Crippen molar-refractivity contribution in [2.24, 2.45) is 5.92 Å². The van der Waals surface area contributed by atoms with Gasteiger partial charge in [-0.15, -0.1) is 0 Å². The minimum absolute atomic E-state index is 0.403. The largest absolute Gasteiger partial charge is 0.310 e. The molecular weight excluding hydrogens is 234 g/mol. The van der Waals surface area contributed by atoms with Crippen LogP contribution in [0.1, 0.15) is 51.6 Å². The molecule has 0 saturated heterocycles. The first-order chi connectivity index (χ1) is 9.27. The van der Waals surface area contributed by atoms with E-state index in [2.05, 4.69) is 43.3 Å². The van der Waals surface area contributed by atoms with E-state index in [-0.39, 0.29) is 0 Å². The predicted octanol–water partition coefficient (Wildman–Crippen LogP) is 3.81. The van der Waals surface area contributed by atoms with Gasteiger partial charge in [0.25, 0.3) is 0 Å². The highest BCUT2D eigenvalue weighted by atomic mass is 15.2. The first kappa shape index (κ1) is 14.1. The summed E-state index contributed by atoms with van der Waals surface area (Å²) in [6.07, 6.45) is 7.67. The fourth-order valence-corrected chi connectivity index (χ4v) is 2.73. The monoisotopic (exact) mass is 259 g/mol. The second-order valence-corrected chi connectivity index (χ2v) is 5.33. The van der Waals surface area contributed by atoms with Crippen molar-refractivity contribution in [3.8, 4) is 0 Å². The zero-order chi connectivity index (χ0) is 13.7. The summed E-state index contributed by atoms with van der Waals surface area (Å²) in [6, 6.07) is 6.66. The SMILES string of the molecule is CCCNC(c1cnn2ccccc12)C(C)CCC. The van der Waals surface area contributed by atoms with Gasteiger partial charge in [0, 0.05) is 17.8 Å². The lowest BCUT2D eigenvalue weighted by Gasteiger charge is -2.24. The molecule has 0 aliphatic heterocycles. The maximum Gasteiger partial charge on any atom is 0.0709 e. The number of aromatic nitrogens is 2. The molecule has 2 aromatic heterocycles. The summed E-state index contributed by atoms with van der Waals surface area (Å²) in [5.74, 6) is 0.629. The molecule has 0 amide bonds. The lowest BCUT2D eigenvalue weighted by Crippen LogP contribution is -2.27. The van der Waals surface area contributed by atoms with Gasteiger partial charge in [-0.3, -0.25) is 0 Å². The third-order valence-electron chi connectivity index (χ3n) is 3.72. The van der Waals surface area contributed by atoms with Crippen molar-refractivity contribution >= 4 is 5.52 Å². The van der Waals surface area contributed by atoms with Crippen molar-refractivity contribution < 1.29 is 0 Å². The van der Waals surface area contributed by atoms with Crippen LogP contribution in [0.4, 0.5) is 0 Å². The Morgan fingerprint density at radius 3 is 2.84 bits per heavy atom. The molecule has 0 aromatic carbocycles. The van der Waals surface area contributed by atoms with Gasteiger partial charge < -0.3 is 5.32 Å². The highest BCUT2D eigenvalue weighted by Crippen LogP contribution is 2.28. The van der Waals surface area contributed by atoms with Crippen LogP contribution in [0.3, 0.4) is 0 Å². The first-order valence-corrected chi connectivity index (χ1v) is 7.43. The van der Waals surface area contributed by atoms with E-state index in [0.29, 0.717) is 12.0 Å². The van der Waals surface area contributed by atoms with Gasteiger partial charge in [0.15, 0.2) is 0 Å². The number of hydrogen-bond donors (Lipinski definition) is 1. The van der Waals surface area contributed by atoms with E-state index in [1.54, 1.807) is 0 Å². The van der Waals surface area contributed by atoms with Gasteiger partial charge in [-0.25, -0.2) is 4.52 Å². The molecule has 2 heterocycles. The summed E-state index contributed by atoms with van der Waals surface area (Å²) >= 11 is 0. The number of nitrogens with zero attached hydrogens (tertiary/aromatic N) is 2. The Bertz CT molecular complexity index is 503. The van der Waals surface area contributed by atoms with Crippen molar-refractivity contribution in [3.05, 3.63) is 36.2 Å². The molecule has 0 spiro atoms. The van der Waals surface area contributed by atoms with E-state index in [9.17, 15) is 0 Å². The minimum Gasteiger partial charge on any atom is -0.310 e. The van der Waals surface area contributed by atoms with Crippen LogP contribution in [-0.4, -0.2) is 16.2 Å². The molecule has 0 fully saturated rings. The van der Waals surface area contributed by atoms with E-state index in [1.165, 1.54) is 23.9 Å². The molecule has 19 heavy (non-hydrogen) atoms. The number of fused-ring (bicyclic) bond motifs is 1. The van der Waals surface area contributed by atoms with Gasteiger partial charge >= 0.3 is 0 Å². The van der Waals surface area contributed by atoms with E-state index < -0.39 is 0 Å². The molecule has 104 valence electrons. The third kappa shape index (κ3) is 3.16. The van der Waals surface area contributed by atoms with Crippen molar-refractivity contribution in [1.29, 1.82) is 0 Å². The summed E-state index contributed by atoms with van der Waals surface area (Å²) in [7, 11) is 0. The smallest absolute Gasteiger partial charge is 0.0709 e. The number of hydrogen-bond acceptors (Lipinski definition) is 2. The molecule has 3 heteroatoms. The first-order valence-electron chi connectivity index (χ1n) is 7.43. The van der Waals surface area contributed by atoms with E-state index in [4.69, 9.17) is 0 Å². The molecule has 1 N–H and O–H groups in total. The minimum atomic E-state index is 0.403. The molecule has 2 unspecified atom stereocenters. The summed E-state index contributed by atoms with van der Waals surface area (Å²) < 4.78 is 1.97. The lowest BCUT2D eigenvalue weighted by molar-refractivity contribution is 0.365. The molecule has 2 atom stereocenters.